The highest BCUT2D eigenvalue weighted by Crippen LogP contribution is 2.16. The number of likely N-dealkylation sites (tertiary alicyclic amines) is 1. The Balaban J connectivity index is 1.57. The largest absolute Gasteiger partial charge is 0.355 e. The van der Waals surface area contributed by atoms with Gasteiger partial charge < -0.3 is 16.0 Å². The maximum atomic E-state index is 12.0. The average Bonchev–Trinajstić information content (AvgIpc) is 2.57. The Bertz CT molecular complexity index is 463. The lowest BCUT2D eigenvalue weighted by Gasteiger charge is -2.33. The Kier molecular flexibility index (Phi) is 7.56. The Morgan fingerprint density at radius 1 is 1.30 bits per heavy atom. The first-order chi connectivity index (χ1) is 11.2. The van der Waals surface area contributed by atoms with E-state index >= 15 is 0 Å². The fourth-order valence-corrected chi connectivity index (χ4v) is 3.23. The van der Waals surface area contributed by atoms with Crippen molar-refractivity contribution in [3.63, 3.8) is 0 Å². The number of hydrogen-bond donors (Lipinski definition) is 2. The molecule has 1 aliphatic heterocycles. The van der Waals surface area contributed by atoms with Crippen molar-refractivity contribution in [2.24, 2.45) is 5.73 Å². The highest BCUT2D eigenvalue weighted by Gasteiger charge is 2.17. The maximum absolute atomic E-state index is 12.0. The maximum Gasteiger partial charge on any atom is 0.237 e. The van der Waals surface area contributed by atoms with Crippen molar-refractivity contribution in [1.82, 2.24) is 10.2 Å². The van der Waals surface area contributed by atoms with Crippen LogP contribution in [0.5, 0.6) is 0 Å². The molecule has 1 saturated heterocycles. The minimum Gasteiger partial charge on any atom is -0.355 e. The first-order valence-corrected chi connectivity index (χ1v) is 8.98. The van der Waals surface area contributed by atoms with E-state index in [1.54, 1.807) is 0 Å². The second-order valence-corrected chi connectivity index (χ2v) is 6.68. The van der Waals surface area contributed by atoms with E-state index in [1.807, 2.05) is 30.3 Å². The van der Waals surface area contributed by atoms with Crippen LogP contribution in [0.1, 0.15) is 44.6 Å². The van der Waals surface area contributed by atoms with Crippen molar-refractivity contribution in [2.45, 2.75) is 57.5 Å². The quantitative estimate of drug-likeness (QED) is 0.724. The molecule has 0 aromatic heterocycles. The number of nitrogens with zero attached hydrogens (tertiary/aromatic N) is 1. The van der Waals surface area contributed by atoms with E-state index in [2.05, 4.69) is 17.1 Å². The van der Waals surface area contributed by atoms with E-state index in [0.29, 0.717) is 6.42 Å². The normalized spacial score (nSPS) is 20.2. The molecule has 0 bridgehead atoms. The lowest BCUT2D eigenvalue weighted by molar-refractivity contribution is -0.122. The van der Waals surface area contributed by atoms with Crippen LogP contribution in [0.4, 0.5) is 0 Å². The van der Waals surface area contributed by atoms with Gasteiger partial charge in [0.2, 0.25) is 5.91 Å². The number of carbonyl (C=O) groups excluding carboxylic acids is 1. The molecular formula is C19H31N3O. The molecule has 1 aromatic carbocycles. The second-order valence-electron chi connectivity index (χ2n) is 6.68. The third-order valence-corrected chi connectivity index (χ3v) is 4.75. The van der Waals surface area contributed by atoms with Crippen LogP contribution in [0.15, 0.2) is 30.3 Å². The molecule has 1 aromatic rings. The molecule has 23 heavy (non-hydrogen) atoms. The molecule has 0 radical (unpaired) electrons. The summed E-state index contributed by atoms with van der Waals surface area (Å²) in [4.78, 5) is 14.6. The monoisotopic (exact) mass is 317 g/mol. The molecule has 4 nitrogen and oxygen atoms in total. The zero-order chi connectivity index (χ0) is 16.5. The SMILES string of the molecule is CC1CCCCN1CCCCNC(=O)C(N)Cc1ccccc1. The van der Waals surface area contributed by atoms with Gasteiger partial charge in [0.1, 0.15) is 0 Å². The predicted molar refractivity (Wildman–Crippen MR) is 95.3 cm³/mol. The third-order valence-electron chi connectivity index (χ3n) is 4.75. The molecule has 2 atom stereocenters. The first kappa shape index (κ1) is 18.0. The molecule has 0 spiro atoms. The molecule has 1 fully saturated rings. The van der Waals surface area contributed by atoms with Gasteiger partial charge in [0, 0.05) is 12.6 Å². The van der Waals surface area contributed by atoms with Gasteiger partial charge in [-0.25, -0.2) is 0 Å². The van der Waals surface area contributed by atoms with Crippen molar-refractivity contribution in [2.75, 3.05) is 19.6 Å². The Labute approximate surface area is 140 Å². The number of nitrogens with two attached hydrogens (primary N) is 1. The highest BCUT2D eigenvalue weighted by molar-refractivity contribution is 5.81. The number of benzene rings is 1. The van der Waals surface area contributed by atoms with E-state index in [0.717, 1.165) is 37.5 Å². The summed E-state index contributed by atoms with van der Waals surface area (Å²) in [7, 11) is 0. The third kappa shape index (κ3) is 6.32. The minimum absolute atomic E-state index is 0.0415. The molecule has 128 valence electrons. The number of unbranched alkanes of at least 4 members (excludes halogenated alkanes) is 1. The van der Waals surface area contributed by atoms with Gasteiger partial charge in [-0.2, -0.15) is 0 Å². The number of piperidine rings is 1. The molecule has 0 saturated carbocycles. The van der Waals surface area contributed by atoms with Gasteiger partial charge in [-0.1, -0.05) is 36.8 Å². The summed E-state index contributed by atoms with van der Waals surface area (Å²) in [5.74, 6) is -0.0415. The summed E-state index contributed by atoms with van der Waals surface area (Å²) < 4.78 is 0. The predicted octanol–water partition coefficient (Wildman–Crippen LogP) is 2.33. The van der Waals surface area contributed by atoms with Gasteiger partial charge in [0.25, 0.3) is 0 Å². The van der Waals surface area contributed by atoms with Gasteiger partial charge in [-0.15, -0.1) is 0 Å². The fourth-order valence-electron chi connectivity index (χ4n) is 3.23. The van der Waals surface area contributed by atoms with Crippen LogP contribution in [0.3, 0.4) is 0 Å². The Morgan fingerprint density at radius 2 is 2.09 bits per heavy atom. The molecule has 2 rings (SSSR count). The molecule has 1 amide bonds. The van der Waals surface area contributed by atoms with Crippen LogP contribution < -0.4 is 11.1 Å². The number of nitrogens with one attached hydrogen (secondary N) is 1. The van der Waals surface area contributed by atoms with E-state index in [4.69, 9.17) is 5.73 Å². The molecule has 1 heterocycles. The van der Waals surface area contributed by atoms with Crippen LogP contribution in [-0.2, 0) is 11.2 Å². The summed E-state index contributed by atoms with van der Waals surface area (Å²) in [5.41, 5.74) is 7.08. The molecule has 3 N–H and O–H groups in total. The van der Waals surface area contributed by atoms with Crippen molar-refractivity contribution in [3.05, 3.63) is 35.9 Å². The second kappa shape index (κ2) is 9.68. The van der Waals surface area contributed by atoms with Crippen LogP contribution in [-0.4, -0.2) is 42.5 Å². The van der Waals surface area contributed by atoms with Gasteiger partial charge in [0.05, 0.1) is 6.04 Å². The number of rotatable bonds is 8. The Hall–Kier alpha value is -1.39. The summed E-state index contributed by atoms with van der Waals surface area (Å²) in [5, 5.41) is 2.97. The number of carbonyl (C=O) groups is 1. The average molecular weight is 317 g/mol. The lowest BCUT2D eigenvalue weighted by Crippen LogP contribution is -2.42. The first-order valence-electron chi connectivity index (χ1n) is 8.98. The standard InChI is InChI=1S/C19H31N3O/c1-16-9-5-7-13-22(16)14-8-6-12-21-19(23)18(20)15-17-10-3-2-4-11-17/h2-4,10-11,16,18H,5-9,12-15,20H2,1H3,(H,21,23). The van der Waals surface area contributed by atoms with Crippen LogP contribution in [0.2, 0.25) is 0 Å². The van der Waals surface area contributed by atoms with E-state index in [-0.39, 0.29) is 5.91 Å². The van der Waals surface area contributed by atoms with Crippen molar-refractivity contribution < 1.29 is 4.79 Å². The minimum atomic E-state index is -0.459. The summed E-state index contributed by atoms with van der Waals surface area (Å²) in [6.45, 7) is 5.43. The molecule has 1 aliphatic rings. The molecule has 0 aliphatic carbocycles. The van der Waals surface area contributed by atoms with Crippen molar-refractivity contribution >= 4 is 5.91 Å². The van der Waals surface area contributed by atoms with E-state index in [9.17, 15) is 4.79 Å². The van der Waals surface area contributed by atoms with Gasteiger partial charge in [-0.05, 0) is 57.7 Å². The molecular weight excluding hydrogens is 286 g/mol. The van der Waals surface area contributed by atoms with Crippen molar-refractivity contribution in [3.8, 4) is 0 Å². The van der Waals surface area contributed by atoms with Gasteiger partial charge >= 0.3 is 0 Å². The summed E-state index contributed by atoms with van der Waals surface area (Å²) in [6.07, 6.45) is 6.77. The zero-order valence-corrected chi connectivity index (χ0v) is 14.3. The Morgan fingerprint density at radius 3 is 2.83 bits per heavy atom. The number of amides is 1. The summed E-state index contributed by atoms with van der Waals surface area (Å²) in [6, 6.07) is 10.2. The fraction of sp³-hybridized carbons (Fsp3) is 0.632. The lowest BCUT2D eigenvalue weighted by atomic mass is 10.0. The van der Waals surface area contributed by atoms with Crippen molar-refractivity contribution in [1.29, 1.82) is 0 Å². The summed E-state index contributed by atoms with van der Waals surface area (Å²) >= 11 is 0. The van der Waals surface area contributed by atoms with Gasteiger partial charge in [0.15, 0.2) is 0 Å². The molecule has 4 heteroatoms. The van der Waals surface area contributed by atoms with Gasteiger partial charge in [-0.3, -0.25) is 4.79 Å². The van der Waals surface area contributed by atoms with E-state index < -0.39 is 6.04 Å². The highest BCUT2D eigenvalue weighted by atomic mass is 16.2. The number of hydrogen-bond acceptors (Lipinski definition) is 3. The van der Waals surface area contributed by atoms with Crippen LogP contribution in [0, 0.1) is 0 Å². The zero-order valence-electron chi connectivity index (χ0n) is 14.3. The molecule has 2 unspecified atom stereocenters. The van der Waals surface area contributed by atoms with Crippen LogP contribution >= 0.6 is 0 Å². The smallest absolute Gasteiger partial charge is 0.237 e. The van der Waals surface area contributed by atoms with E-state index in [1.165, 1.54) is 25.8 Å². The van der Waals surface area contributed by atoms with Crippen LogP contribution in [0.25, 0.3) is 0 Å². The topological polar surface area (TPSA) is 58.4 Å².